The third-order valence-electron chi connectivity index (χ3n) is 4.30. The van der Waals surface area contributed by atoms with Crippen molar-refractivity contribution in [2.24, 2.45) is 5.92 Å². The predicted octanol–water partition coefficient (Wildman–Crippen LogP) is 2.89. The third kappa shape index (κ3) is 3.52. The summed E-state index contributed by atoms with van der Waals surface area (Å²) in [6.45, 7) is 0. The fourth-order valence-electron chi connectivity index (χ4n) is 2.91. The Hall–Kier alpha value is -1.20. The van der Waals surface area contributed by atoms with E-state index in [-0.39, 0.29) is 22.6 Å². The van der Waals surface area contributed by atoms with Gasteiger partial charge >= 0.3 is 0 Å². The van der Waals surface area contributed by atoms with Crippen molar-refractivity contribution in [3.05, 3.63) is 29.8 Å². The average molecular weight is 307 g/mol. The Bertz CT molecular complexity index is 629. The van der Waals surface area contributed by atoms with Crippen LogP contribution >= 0.6 is 0 Å². The topological polar surface area (TPSA) is 63.2 Å². The minimum atomic E-state index is -3.52. The molecule has 2 saturated carbocycles. The van der Waals surface area contributed by atoms with E-state index < -0.39 is 10.0 Å². The fourth-order valence-corrected chi connectivity index (χ4v) is 4.26. The van der Waals surface area contributed by atoms with E-state index in [9.17, 15) is 13.2 Å². The molecule has 0 atom stereocenters. The molecular formula is C16H21NO3S. The summed E-state index contributed by atoms with van der Waals surface area (Å²) >= 11 is 0. The zero-order valence-electron chi connectivity index (χ0n) is 12.0. The SMILES string of the molecule is O=C(c1cccc(S(=O)(=O)NC2CCCCC2)c1)C1CC1. The van der Waals surface area contributed by atoms with Gasteiger partial charge in [0.15, 0.2) is 5.78 Å². The van der Waals surface area contributed by atoms with E-state index in [1.165, 1.54) is 12.5 Å². The molecule has 1 N–H and O–H groups in total. The zero-order valence-corrected chi connectivity index (χ0v) is 12.9. The number of rotatable bonds is 5. The van der Waals surface area contributed by atoms with Gasteiger partial charge in [-0.1, -0.05) is 31.4 Å². The molecule has 4 nitrogen and oxygen atoms in total. The normalized spacial score (nSPS) is 20.4. The standard InChI is InChI=1S/C16H21NO3S/c18-16(12-9-10-12)13-5-4-8-15(11-13)21(19,20)17-14-6-2-1-3-7-14/h4-5,8,11-12,14,17H,1-3,6-7,9-10H2. The molecule has 3 rings (SSSR count). The van der Waals surface area contributed by atoms with Gasteiger partial charge in [0.25, 0.3) is 0 Å². The zero-order chi connectivity index (χ0) is 14.9. The van der Waals surface area contributed by atoms with Crippen LogP contribution in [-0.2, 0) is 10.0 Å². The summed E-state index contributed by atoms with van der Waals surface area (Å²) in [6.07, 6.45) is 7.00. The van der Waals surface area contributed by atoms with Gasteiger partial charge in [-0.3, -0.25) is 4.79 Å². The molecule has 0 unspecified atom stereocenters. The molecule has 2 aliphatic carbocycles. The van der Waals surface area contributed by atoms with Crippen LogP contribution in [-0.4, -0.2) is 20.2 Å². The highest BCUT2D eigenvalue weighted by Crippen LogP contribution is 2.33. The average Bonchev–Trinajstić information content (AvgIpc) is 3.32. The van der Waals surface area contributed by atoms with Crippen molar-refractivity contribution in [2.45, 2.75) is 55.9 Å². The highest BCUT2D eigenvalue weighted by atomic mass is 32.2. The summed E-state index contributed by atoms with van der Waals surface area (Å²) in [5, 5.41) is 0. The van der Waals surface area contributed by atoms with Gasteiger partial charge in [-0.25, -0.2) is 13.1 Å². The molecule has 0 radical (unpaired) electrons. The third-order valence-corrected chi connectivity index (χ3v) is 5.82. The Kier molecular flexibility index (Phi) is 4.13. The van der Waals surface area contributed by atoms with Crippen LogP contribution in [0.25, 0.3) is 0 Å². The van der Waals surface area contributed by atoms with Crippen molar-refractivity contribution >= 4 is 15.8 Å². The van der Waals surface area contributed by atoms with Crippen molar-refractivity contribution < 1.29 is 13.2 Å². The minimum absolute atomic E-state index is 0.0338. The predicted molar refractivity (Wildman–Crippen MR) is 80.7 cm³/mol. The number of nitrogens with one attached hydrogen (secondary N) is 1. The molecule has 0 bridgehead atoms. The molecule has 0 amide bonds. The largest absolute Gasteiger partial charge is 0.294 e. The van der Waals surface area contributed by atoms with E-state index in [1.54, 1.807) is 18.2 Å². The maximum absolute atomic E-state index is 12.4. The van der Waals surface area contributed by atoms with Crippen molar-refractivity contribution in [3.8, 4) is 0 Å². The van der Waals surface area contributed by atoms with Crippen molar-refractivity contribution in [1.82, 2.24) is 4.72 Å². The van der Waals surface area contributed by atoms with Crippen LogP contribution in [0.4, 0.5) is 0 Å². The molecular weight excluding hydrogens is 286 g/mol. The summed E-state index contributed by atoms with van der Waals surface area (Å²) in [5.74, 6) is 0.180. The lowest BCUT2D eigenvalue weighted by atomic mass is 9.96. The first kappa shape index (κ1) is 14.7. The van der Waals surface area contributed by atoms with E-state index in [2.05, 4.69) is 4.72 Å². The number of Topliss-reactive ketones (excluding diaryl/α,β-unsaturated/α-hetero) is 1. The summed E-state index contributed by atoms with van der Waals surface area (Å²) in [6, 6.07) is 6.48. The highest BCUT2D eigenvalue weighted by Gasteiger charge is 2.31. The van der Waals surface area contributed by atoms with E-state index in [0.717, 1.165) is 38.5 Å². The Morgan fingerprint density at radius 2 is 1.76 bits per heavy atom. The van der Waals surface area contributed by atoms with Gasteiger partial charge in [-0.05, 0) is 37.8 Å². The molecule has 0 heterocycles. The molecule has 0 spiro atoms. The van der Waals surface area contributed by atoms with Crippen LogP contribution < -0.4 is 4.72 Å². The smallest absolute Gasteiger partial charge is 0.240 e. The molecule has 21 heavy (non-hydrogen) atoms. The first-order chi connectivity index (χ1) is 10.1. The van der Waals surface area contributed by atoms with Crippen molar-refractivity contribution in [1.29, 1.82) is 0 Å². The Morgan fingerprint density at radius 3 is 2.43 bits per heavy atom. The van der Waals surface area contributed by atoms with E-state index in [1.807, 2.05) is 0 Å². The molecule has 1 aromatic carbocycles. The van der Waals surface area contributed by atoms with Crippen LogP contribution in [0.15, 0.2) is 29.2 Å². The molecule has 2 aliphatic rings. The number of carbonyl (C=O) groups excluding carboxylic acids is 1. The van der Waals surface area contributed by atoms with Gasteiger partial charge < -0.3 is 0 Å². The van der Waals surface area contributed by atoms with Crippen LogP contribution in [0, 0.1) is 5.92 Å². The Balaban J connectivity index is 1.77. The van der Waals surface area contributed by atoms with Crippen LogP contribution in [0.2, 0.25) is 0 Å². The summed E-state index contributed by atoms with van der Waals surface area (Å²) in [7, 11) is -3.52. The summed E-state index contributed by atoms with van der Waals surface area (Å²) in [4.78, 5) is 12.3. The molecule has 0 saturated heterocycles. The molecule has 0 aliphatic heterocycles. The molecule has 5 heteroatoms. The van der Waals surface area contributed by atoms with Crippen LogP contribution in [0.1, 0.15) is 55.3 Å². The minimum Gasteiger partial charge on any atom is -0.294 e. The number of sulfonamides is 1. The van der Waals surface area contributed by atoms with Crippen LogP contribution in [0.5, 0.6) is 0 Å². The fraction of sp³-hybridized carbons (Fsp3) is 0.562. The lowest BCUT2D eigenvalue weighted by Gasteiger charge is -2.22. The second kappa shape index (κ2) is 5.89. The lowest BCUT2D eigenvalue weighted by molar-refractivity contribution is 0.0967. The van der Waals surface area contributed by atoms with Gasteiger partial charge in [0.05, 0.1) is 4.90 Å². The highest BCUT2D eigenvalue weighted by molar-refractivity contribution is 7.89. The van der Waals surface area contributed by atoms with Gasteiger partial charge in [0.2, 0.25) is 10.0 Å². The van der Waals surface area contributed by atoms with Crippen LogP contribution in [0.3, 0.4) is 0 Å². The van der Waals surface area contributed by atoms with Gasteiger partial charge in [0.1, 0.15) is 0 Å². The monoisotopic (exact) mass is 307 g/mol. The van der Waals surface area contributed by atoms with E-state index in [4.69, 9.17) is 0 Å². The van der Waals surface area contributed by atoms with Gasteiger partial charge in [0, 0.05) is 17.5 Å². The van der Waals surface area contributed by atoms with E-state index >= 15 is 0 Å². The maximum Gasteiger partial charge on any atom is 0.240 e. The second-order valence-corrected chi connectivity index (χ2v) is 7.84. The summed E-state index contributed by atoms with van der Waals surface area (Å²) in [5.41, 5.74) is 0.518. The van der Waals surface area contributed by atoms with E-state index in [0.29, 0.717) is 5.56 Å². The quantitative estimate of drug-likeness (QED) is 0.851. The molecule has 114 valence electrons. The first-order valence-corrected chi connectivity index (χ1v) is 9.21. The van der Waals surface area contributed by atoms with Crippen molar-refractivity contribution in [2.75, 3.05) is 0 Å². The summed E-state index contributed by atoms with van der Waals surface area (Å²) < 4.78 is 27.7. The van der Waals surface area contributed by atoms with Gasteiger partial charge in [-0.2, -0.15) is 0 Å². The number of carbonyl (C=O) groups is 1. The molecule has 1 aromatic rings. The molecule has 0 aromatic heterocycles. The second-order valence-electron chi connectivity index (χ2n) is 6.12. The number of benzene rings is 1. The Labute approximate surface area is 126 Å². The lowest BCUT2D eigenvalue weighted by Crippen LogP contribution is -2.36. The van der Waals surface area contributed by atoms with Crippen molar-refractivity contribution in [3.63, 3.8) is 0 Å². The van der Waals surface area contributed by atoms with Gasteiger partial charge in [-0.15, -0.1) is 0 Å². The number of hydrogen-bond acceptors (Lipinski definition) is 3. The first-order valence-electron chi connectivity index (χ1n) is 7.73. The Morgan fingerprint density at radius 1 is 1.05 bits per heavy atom. The molecule has 2 fully saturated rings. The number of hydrogen-bond donors (Lipinski definition) is 1. The number of ketones is 1. The maximum atomic E-state index is 12.4.